The summed E-state index contributed by atoms with van der Waals surface area (Å²) in [6.07, 6.45) is 0. The number of benzene rings is 1. The Morgan fingerprint density at radius 3 is 2.71 bits per heavy atom. The van der Waals surface area contributed by atoms with Gasteiger partial charge in [0.15, 0.2) is 11.5 Å². The van der Waals surface area contributed by atoms with Crippen LogP contribution in [0.25, 0.3) is 0 Å². The number of ketones is 1. The fourth-order valence-electron chi connectivity index (χ4n) is 1.07. The van der Waals surface area contributed by atoms with Crippen molar-refractivity contribution in [1.82, 2.24) is 0 Å². The lowest BCUT2D eigenvalue weighted by Crippen LogP contribution is -2.17. The molecule has 1 aromatic carbocycles. The number of nitro benzene ring substituents is 1. The Kier molecular flexibility index (Phi) is 4.45. The van der Waals surface area contributed by atoms with Crippen LogP contribution in [0.15, 0.2) is 18.2 Å². The summed E-state index contributed by atoms with van der Waals surface area (Å²) in [6, 6.07) is 3.97. The SMILES string of the molecule is CC(C)C(=O)COc1cc(Cl)ccc1[N+](=O)[O-]. The molecule has 0 aromatic heterocycles. The molecule has 0 spiro atoms. The molecule has 92 valence electrons. The van der Waals surface area contributed by atoms with Crippen LogP contribution in [0, 0.1) is 16.0 Å². The molecule has 0 saturated carbocycles. The van der Waals surface area contributed by atoms with Crippen molar-refractivity contribution in [2.24, 2.45) is 5.92 Å². The first-order valence-corrected chi connectivity index (χ1v) is 5.39. The summed E-state index contributed by atoms with van der Waals surface area (Å²) in [5, 5.41) is 11.0. The van der Waals surface area contributed by atoms with Crippen LogP contribution >= 0.6 is 11.6 Å². The standard InChI is InChI=1S/C11H12ClNO4/c1-7(2)10(14)6-17-11-5-8(12)3-4-9(11)13(15)16/h3-5,7H,6H2,1-2H3. The maximum absolute atomic E-state index is 11.4. The Morgan fingerprint density at radius 1 is 1.53 bits per heavy atom. The van der Waals surface area contributed by atoms with E-state index in [0.717, 1.165) is 0 Å². The van der Waals surface area contributed by atoms with Crippen molar-refractivity contribution in [2.75, 3.05) is 6.61 Å². The minimum atomic E-state index is -0.578. The van der Waals surface area contributed by atoms with E-state index < -0.39 is 4.92 Å². The third-order valence-electron chi connectivity index (χ3n) is 2.13. The summed E-state index contributed by atoms with van der Waals surface area (Å²) in [6.45, 7) is 3.27. The van der Waals surface area contributed by atoms with Crippen LogP contribution in [0.4, 0.5) is 5.69 Å². The zero-order chi connectivity index (χ0) is 13.0. The molecule has 17 heavy (non-hydrogen) atoms. The lowest BCUT2D eigenvalue weighted by atomic mass is 10.1. The van der Waals surface area contributed by atoms with Crippen LogP contribution < -0.4 is 4.74 Å². The average Bonchev–Trinajstić information content (AvgIpc) is 2.25. The van der Waals surface area contributed by atoms with Gasteiger partial charge in [-0.05, 0) is 6.07 Å². The van der Waals surface area contributed by atoms with E-state index in [1.807, 2.05) is 0 Å². The highest BCUT2D eigenvalue weighted by Crippen LogP contribution is 2.29. The Balaban J connectivity index is 2.86. The summed E-state index contributed by atoms with van der Waals surface area (Å²) < 4.78 is 5.13. The molecular formula is C11H12ClNO4. The minimum absolute atomic E-state index is 0.0106. The average molecular weight is 258 g/mol. The Bertz CT molecular complexity index is 445. The molecule has 0 aliphatic heterocycles. The highest BCUT2D eigenvalue weighted by molar-refractivity contribution is 6.30. The van der Waals surface area contributed by atoms with E-state index in [2.05, 4.69) is 0 Å². The van der Waals surface area contributed by atoms with Crippen molar-refractivity contribution in [3.8, 4) is 5.75 Å². The number of Topliss-reactive ketones (excluding diaryl/α,β-unsaturated/α-hetero) is 1. The fourth-order valence-corrected chi connectivity index (χ4v) is 1.23. The van der Waals surface area contributed by atoms with E-state index in [1.54, 1.807) is 13.8 Å². The second kappa shape index (κ2) is 5.63. The van der Waals surface area contributed by atoms with Gasteiger partial charge in [-0.3, -0.25) is 14.9 Å². The zero-order valence-corrected chi connectivity index (χ0v) is 10.2. The van der Waals surface area contributed by atoms with Gasteiger partial charge in [0.2, 0.25) is 0 Å². The van der Waals surface area contributed by atoms with Gasteiger partial charge < -0.3 is 4.74 Å². The van der Waals surface area contributed by atoms with Gasteiger partial charge in [0.25, 0.3) is 0 Å². The normalized spacial score (nSPS) is 10.4. The van der Waals surface area contributed by atoms with Gasteiger partial charge in [0.1, 0.15) is 6.61 Å². The topological polar surface area (TPSA) is 69.4 Å². The van der Waals surface area contributed by atoms with Crippen molar-refractivity contribution in [3.63, 3.8) is 0 Å². The van der Waals surface area contributed by atoms with Crippen LogP contribution in [0.5, 0.6) is 5.75 Å². The molecule has 5 nitrogen and oxygen atoms in total. The fraction of sp³-hybridized carbons (Fsp3) is 0.364. The Labute approximate surface area is 103 Å². The minimum Gasteiger partial charge on any atom is -0.479 e. The summed E-state index contributed by atoms with van der Waals surface area (Å²) in [4.78, 5) is 21.5. The first-order valence-electron chi connectivity index (χ1n) is 5.01. The van der Waals surface area contributed by atoms with Gasteiger partial charge in [-0.2, -0.15) is 0 Å². The van der Waals surface area contributed by atoms with Crippen LogP contribution in [-0.4, -0.2) is 17.3 Å². The number of hydrogen-bond donors (Lipinski definition) is 0. The van der Waals surface area contributed by atoms with Gasteiger partial charge >= 0.3 is 5.69 Å². The molecule has 1 rings (SSSR count). The quantitative estimate of drug-likeness (QED) is 0.601. The molecule has 6 heteroatoms. The summed E-state index contributed by atoms with van der Waals surface area (Å²) >= 11 is 5.71. The van der Waals surface area contributed by atoms with E-state index in [0.29, 0.717) is 5.02 Å². The highest BCUT2D eigenvalue weighted by atomic mass is 35.5. The van der Waals surface area contributed by atoms with E-state index in [1.165, 1.54) is 18.2 Å². The highest BCUT2D eigenvalue weighted by Gasteiger charge is 2.17. The van der Waals surface area contributed by atoms with E-state index in [-0.39, 0.29) is 29.7 Å². The predicted molar refractivity (Wildman–Crippen MR) is 63.4 cm³/mol. The van der Waals surface area contributed by atoms with Crippen LogP contribution in [0.2, 0.25) is 5.02 Å². The maximum atomic E-state index is 11.4. The molecule has 0 N–H and O–H groups in total. The predicted octanol–water partition coefficient (Wildman–Crippen LogP) is 2.85. The molecule has 1 aromatic rings. The van der Waals surface area contributed by atoms with Gasteiger partial charge in [-0.15, -0.1) is 0 Å². The molecule has 0 aliphatic carbocycles. The van der Waals surface area contributed by atoms with Gasteiger partial charge in [0.05, 0.1) is 4.92 Å². The molecule has 0 heterocycles. The van der Waals surface area contributed by atoms with Crippen LogP contribution in [0.1, 0.15) is 13.8 Å². The van der Waals surface area contributed by atoms with Crippen molar-refractivity contribution in [1.29, 1.82) is 0 Å². The lowest BCUT2D eigenvalue weighted by molar-refractivity contribution is -0.385. The van der Waals surface area contributed by atoms with Crippen molar-refractivity contribution in [2.45, 2.75) is 13.8 Å². The third-order valence-corrected chi connectivity index (χ3v) is 2.37. The van der Waals surface area contributed by atoms with Crippen LogP contribution in [0.3, 0.4) is 0 Å². The number of carbonyl (C=O) groups is 1. The van der Waals surface area contributed by atoms with E-state index in [4.69, 9.17) is 16.3 Å². The molecule has 0 amide bonds. The lowest BCUT2D eigenvalue weighted by Gasteiger charge is -2.07. The number of halogens is 1. The first kappa shape index (κ1) is 13.4. The number of nitro groups is 1. The van der Waals surface area contributed by atoms with Crippen LogP contribution in [-0.2, 0) is 4.79 Å². The molecule has 0 atom stereocenters. The third kappa shape index (κ3) is 3.71. The van der Waals surface area contributed by atoms with Gasteiger partial charge in [-0.1, -0.05) is 25.4 Å². The second-order valence-electron chi connectivity index (χ2n) is 3.78. The number of hydrogen-bond acceptors (Lipinski definition) is 4. The summed E-state index contributed by atoms with van der Waals surface area (Å²) in [5.41, 5.74) is -0.203. The first-order chi connectivity index (χ1) is 7.91. The monoisotopic (exact) mass is 257 g/mol. The summed E-state index contributed by atoms with van der Waals surface area (Å²) in [5.74, 6) is -0.288. The second-order valence-corrected chi connectivity index (χ2v) is 4.22. The van der Waals surface area contributed by atoms with Gasteiger partial charge in [0, 0.05) is 23.1 Å². The molecule has 0 fully saturated rings. The van der Waals surface area contributed by atoms with Crippen molar-refractivity contribution in [3.05, 3.63) is 33.3 Å². The number of nitrogens with zero attached hydrogens (tertiary/aromatic N) is 1. The molecule has 0 radical (unpaired) electrons. The Hall–Kier alpha value is -1.62. The molecule has 0 unspecified atom stereocenters. The van der Waals surface area contributed by atoms with Gasteiger partial charge in [-0.25, -0.2) is 0 Å². The largest absolute Gasteiger partial charge is 0.479 e. The Morgan fingerprint density at radius 2 is 2.18 bits per heavy atom. The molecular weight excluding hydrogens is 246 g/mol. The molecule has 0 saturated heterocycles. The van der Waals surface area contributed by atoms with E-state index >= 15 is 0 Å². The smallest absolute Gasteiger partial charge is 0.311 e. The maximum Gasteiger partial charge on any atom is 0.311 e. The summed E-state index contributed by atoms with van der Waals surface area (Å²) in [7, 11) is 0. The zero-order valence-electron chi connectivity index (χ0n) is 9.47. The van der Waals surface area contributed by atoms with Crippen molar-refractivity contribution < 1.29 is 14.5 Å². The number of ether oxygens (including phenoxy) is 1. The van der Waals surface area contributed by atoms with E-state index in [9.17, 15) is 14.9 Å². The molecule has 0 bridgehead atoms. The molecule has 0 aliphatic rings. The number of carbonyl (C=O) groups excluding carboxylic acids is 1. The number of rotatable bonds is 5. The van der Waals surface area contributed by atoms with Crippen molar-refractivity contribution >= 4 is 23.1 Å².